The molecule has 2 aromatic carbocycles. The lowest BCUT2D eigenvalue weighted by Crippen LogP contribution is -2.34. The molecule has 0 saturated carbocycles. The standard InChI is InChI=1S/C26H34FN3O3/c1-5-21(31)17-29(15-16-32-4)18-22-25(19(2)3)28-30(20-11-7-6-8-12-20)26(22)33-24-14-10-9-13-23(24)27/h6-14,19,21,31H,5,15-18H2,1-4H3/t21-/m0/s1. The van der Waals surface area contributed by atoms with Crippen molar-refractivity contribution in [1.82, 2.24) is 14.7 Å². The minimum absolute atomic E-state index is 0.119. The fourth-order valence-electron chi connectivity index (χ4n) is 3.65. The van der Waals surface area contributed by atoms with Crippen LogP contribution >= 0.6 is 0 Å². The van der Waals surface area contributed by atoms with Crippen LogP contribution in [0.15, 0.2) is 54.6 Å². The van der Waals surface area contributed by atoms with Gasteiger partial charge in [-0.05, 0) is 36.6 Å². The molecule has 0 aliphatic rings. The molecule has 0 spiro atoms. The third-order valence-electron chi connectivity index (χ3n) is 5.49. The van der Waals surface area contributed by atoms with E-state index in [2.05, 4.69) is 18.7 Å². The van der Waals surface area contributed by atoms with Crippen LogP contribution in [0.3, 0.4) is 0 Å². The van der Waals surface area contributed by atoms with Crippen molar-refractivity contribution in [1.29, 1.82) is 0 Å². The first-order chi connectivity index (χ1) is 15.9. The summed E-state index contributed by atoms with van der Waals surface area (Å²) in [7, 11) is 1.66. The Kier molecular flexibility index (Phi) is 9.00. The molecule has 3 rings (SSSR count). The maximum absolute atomic E-state index is 14.5. The molecule has 0 amide bonds. The topological polar surface area (TPSA) is 59.8 Å². The van der Waals surface area contributed by atoms with Crippen molar-refractivity contribution in [3.8, 4) is 17.3 Å². The molecular formula is C26H34FN3O3. The highest BCUT2D eigenvalue weighted by Crippen LogP contribution is 2.35. The maximum Gasteiger partial charge on any atom is 0.227 e. The average molecular weight is 456 g/mol. The van der Waals surface area contributed by atoms with Gasteiger partial charge >= 0.3 is 0 Å². The zero-order valence-corrected chi connectivity index (χ0v) is 19.9. The molecule has 7 heteroatoms. The Balaban J connectivity index is 2.11. The number of rotatable bonds is 12. The number of aliphatic hydroxyl groups excluding tert-OH is 1. The van der Waals surface area contributed by atoms with E-state index in [0.717, 1.165) is 16.9 Å². The zero-order chi connectivity index (χ0) is 23.8. The van der Waals surface area contributed by atoms with Gasteiger partial charge in [-0.25, -0.2) is 9.07 Å². The number of nitrogens with zero attached hydrogens (tertiary/aromatic N) is 3. The third kappa shape index (κ3) is 6.41. The number of para-hydroxylation sites is 2. The van der Waals surface area contributed by atoms with Gasteiger partial charge in [0.15, 0.2) is 11.6 Å². The summed E-state index contributed by atoms with van der Waals surface area (Å²) < 4.78 is 27.8. The van der Waals surface area contributed by atoms with Gasteiger partial charge in [-0.1, -0.05) is 51.1 Å². The van der Waals surface area contributed by atoms with Crippen LogP contribution in [0.4, 0.5) is 4.39 Å². The number of hydrogen-bond donors (Lipinski definition) is 1. The first kappa shape index (κ1) is 24.9. The molecular weight excluding hydrogens is 421 g/mol. The summed E-state index contributed by atoms with van der Waals surface area (Å²) in [5, 5.41) is 15.2. The van der Waals surface area contributed by atoms with E-state index in [-0.39, 0.29) is 11.7 Å². The van der Waals surface area contributed by atoms with Gasteiger partial charge in [0.1, 0.15) is 0 Å². The van der Waals surface area contributed by atoms with Crippen molar-refractivity contribution in [2.45, 2.75) is 45.8 Å². The van der Waals surface area contributed by atoms with Crippen LogP contribution in [-0.2, 0) is 11.3 Å². The second kappa shape index (κ2) is 11.9. The predicted molar refractivity (Wildman–Crippen MR) is 128 cm³/mol. The summed E-state index contributed by atoms with van der Waals surface area (Å²) in [6, 6.07) is 16.1. The Labute approximate surface area is 195 Å². The molecule has 1 aromatic heterocycles. The molecule has 0 unspecified atom stereocenters. The Bertz CT molecular complexity index is 1010. The van der Waals surface area contributed by atoms with Gasteiger partial charge in [0.2, 0.25) is 5.88 Å². The second-order valence-electron chi connectivity index (χ2n) is 8.39. The van der Waals surface area contributed by atoms with Crippen LogP contribution in [-0.4, -0.2) is 52.7 Å². The van der Waals surface area contributed by atoms with Crippen LogP contribution in [0, 0.1) is 5.82 Å². The number of ether oxygens (including phenoxy) is 2. The molecule has 6 nitrogen and oxygen atoms in total. The quantitative estimate of drug-likeness (QED) is 0.409. The Morgan fingerprint density at radius 2 is 1.79 bits per heavy atom. The summed E-state index contributed by atoms with van der Waals surface area (Å²) in [5.41, 5.74) is 2.57. The van der Waals surface area contributed by atoms with E-state index in [1.54, 1.807) is 30.0 Å². The lowest BCUT2D eigenvalue weighted by atomic mass is 10.1. The molecule has 0 radical (unpaired) electrons. The van der Waals surface area contributed by atoms with Crippen LogP contribution in [0.2, 0.25) is 0 Å². The van der Waals surface area contributed by atoms with Crippen LogP contribution < -0.4 is 4.74 Å². The van der Waals surface area contributed by atoms with E-state index >= 15 is 0 Å². The van der Waals surface area contributed by atoms with Crippen molar-refractivity contribution in [3.05, 3.63) is 71.7 Å². The lowest BCUT2D eigenvalue weighted by molar-refractivity contribution is 0.0824. The summed E-state index contributed by atoms with van der Waals surface area (Å²) >= 11 is 0. The minimum atomic E-state index is -0.454. The summed E-state index contributed by atoms with van der Waals surface area (Å²) in [6.07, 6.45) is 0.201. The van der Waals surface area contributed by atoms with E-state index in [0.29, 0.717) is 38.5 Å². The van der Waals surface area contributed by atoms with Crippen LogP contribution in [0.5, 0.6) is 11.6 Å². The van der Waals surface area contributed by atoms with E-state index in [1.165, 1.54) is 6.07 Å². The fourth-order valence-corrected chi connectivity index (χ4v) is 3.65. The molecule has 0 bridgehead atoms. The van der Waals surface area contributed by atoms with E-state index in [4.69, 9.17) is 14.6 Å². The third-order valence-corrected chi connectivity index (χ3v) is 5.49. The number of aliphatic hydroxyl groups is 1. The van der Waals surface area contributed by atoms with Crippen molar-refractivity contribution >= 4 is 0 Å². The normalized spacial score (nSPS) is 12.5. The first-order valence-corrected chi connectivity index (χ1v) is 11.4. The molecule has 0 aliphatic carbocycles. The highest BCUT2D eigenvalue weighted by molar-refractivity contribution is 5.44. The average Bonchev–Trinajstić information content (AvgIpc) is 3.17. The Morgan fingerprint density at radius 1 is 1.09 bits per heavy atom. The van der Waals surface area contributed by atoms with Crippen molar-refractivity contribution in [3.63, 3.8) is 0 Å². The van der Waals surface area contributed by atoms with Gasteiger partial charge in [-0.3, -0.25) is 4.90 Å². The first-order valence-electron chi connectivity index (χ1n) is 11.4. The molecule has 0 fully saturated rings. The second-order valence-corrected chi connectivity index (χ2v) is 8.39. The van der Waals surface area contributed by atoms with Gasteiger partial charge < -0.3 is 14.6 Å². The van der Waals surface area contributed by atoms with Gasteiger partial charge in [0.25, 0.3) is 0 Å². The molecule has 1 heterocycles. The van der Waals surface area contributed by atoms with Crippen LogP contribution in [0.1, 0.15) is 44.4 Å². The van der Waals surface area contributed by atoms with E-state index in [9.17, 15) is 9.50 Å². The predicted octanol–water partition coefficient (Wildman–Crippen LogP) is 5.15. The number of aromatic nitrogens is 2. The zero-order valence-electron chi connectivity index (χ0n) is 19.9. The SMILES string of the molecule is CC[C@H](O)CN(CCOC)Cc1c(C(C)C)nn(-c2ccccc2)c1Oc1ccccc1F. The molecule has 0 saturated heterocycles. The smallest absolute Gasteiger partial charge is 0.227 e. The Morgan fingerprint density at radius 3 is 2.42 bits per heavy atom. The Hall–Kier alpha value is -2.74. The molecule has 178 valence electrons. The van der Waals surface area contributed by atoms with Gasteiger partial charge in [0.05, 0.1) is 29.7 Å². The fraction of sp³-hybridized carbons (Fsp3) is 0.423. The van der Waals surface area contributed by atoms with Crippen molar-refractivity contribution < 1.29 is 19.0 Å². The van der Waals surface area contributed by atoms with Gasteiger partial charge in [-0.2, -0.15) is 5.10 Å². The summed E-state index contributed by atoms with van der Waals surface area (Å²) in [6.45, 7) is 8.27. The van der Waals surface area contributed by atoms with E-state index in [1.807, 2.05) is 37.3 Å². The van der Waals surface area contributed by atoms with Gasteiger partial charge in [-0.15, -0.1) is 0 Å². The highest BCUT2D eigenvalue weighted by atomic mass is 19.1. The number of halogens is 1. The highest BCUT2D eigenvalue weighted by Gasteiger charge is 2.26. The largest absolute Gasteiger partial charge is 0.435 e. The van der Waals surface area contributed by atoms with Gasteiger partial charge in [0, 0.05) is 26.7 Å². The maximum atomic E-state index is 14.5. The van der Waals surface area contributed by atoms with Crippen molar-refractivity contribution in [2.75, 3.05) is 26.8 Å². The molecule has 0 aliphatic heterocycles. The monoisotopic (exact) mass is 455 g/mol. The minimum Gasteiger partial charge on any atom is -0.435 e. The number of benzene rings is 2. The molecule has 1 atom stereocenters. The number of hydrogen-bond acceptors (Lipinski definition) is 5. The number of methoxy groups -OCH3 is 1. The lowest BCUT2D eigenvalue weighted by Gasteiger charge is -2.25. The van der Waals surface area contributed by atoms with E-state index < -0.39 is 11.9 Å². The summed E-state index contributed by atoms with van der Waals surface area (Å²) in [4.78, 5) is 2.13. The molecule has 3 aromatic rings. The van der Waals surface area contributed by atoms with Crippen LogP contribution in [0.25, 0.3) is 5.69 Å². The summed E-state index contributed by atoms with van der Waals surface area (Å²) in [5.74, 6) is 0.299. The van der Waals surface area contributed by atoms with Crippen molar-refractivity contribution in [2.24, 2.45) is 0 Å². The molecule has 33 heavy (non-hydrogen) atoms. The molecule has 1 N–H and O–H groups in total.